The van der Waals surface area contributed by atoms with Gasteiger partial charge in [-0.3, -0.25) is 14.4 Å². The molecule has 0 spiro atoms. The molecule has 0 aliphatic heterocycles. The molecule has 0 aromatic heterocycles. The molecule has 0 aromatic carbocycles. The van der Waals surface area contributed by atoms with Crippen LogP contribution in [-0.2, 0) is 28.6 Å². The van der Waals surface area contributed by atoms with E-state index in [1.54, 1.807) is 0 Å². The molecular formula is C69H122O6. The molecule has 6 heteroatoms. The monoisotopic (exact) mass is 1050 g/mol. The Kier molecular flexibility index (Phi) is 60.7. The second-order valence-electron chi connectivity index (χ2n) is 21.6. The first-order valence-corrected chi connectivity index (χ1v) is 32.4. The lowest BCUT2D eigenvalue weighted by Gasteiger charge is -2.18. The van der Waals surface area contributed by atoms with E-state index in [4.69, 9.17) is 14.2 Å². The second kappa shape index (κ2) is 63.4. The number of rotatable bonds is 59. The van der Waals surface area contributed by atoms with Crippen molar-refractivity contribution in [3.63, 3.8) is 0 Å². The Bertz CT molecular complexity index is 1390. The molecule has 0 heterocycles. The van der Waals surface area contributed by atoms with Crippen LogP contribution >= 0.6 is 0 Å². The maximum absolute atomic E-state index is 12.9. The predicted molar refractivity (Wildman–Crippen MR) is 325 cm³/mol. The van der Waals surface area contributed by atoms with Crippen LogP contribution in [0.25, 0.3) is 0 Å². The fourth-order valence-corrected chi connectivity index (χ4v) is 9.35. The van der Waals surface area contributed by atoms with Gasteiger partial charge in [-0.1, -0.05) is 293 Å². The van der Waals surface area contributed by atoms with Crippen LogP contribution < -0.4 is 0 Å². The third-order valence-corrected chi connectivity index (χ3v) is 14.2. The number of allylic oxidation sites excluding steroid dienone is 12. The number of ether oxygens (including phenoxy) is 3. The molecule has 0 saturated heterocycles. The van der Waals surface area contributed by atoms with E-state index in [-0.39, 0.29) is 31.1 Å². The molecule has 1 atom stereocenters. The molecule has 434 valence electrons. The maximum atomic E-state index is 12.9. The van der Waals surface area contributed by atoms with Gasteiger partial charge in [0.15, 0.2) is 6.10 Å². The fourth-order valence-electron chi connectivity index (χ4n) is 9.35. The largest absolute Gasteiger partial charge is 0.462 e. The van der Waals surface area contributed by atoms with Crippen molar-refractivity contribution >= 4 is 17.9 Å². The summed E-state index contributed by atoms with van der Waals surface area (Å²) in [5, 5.41) is 0. The van der Waals surface area contributed by atoms with E-state index in [0.29, 0.717) is 19.3 Å². The third-order valence-electron chi connectivity index (χ3n) is 14.2. The third kappa shape index (κ3) is 61.6. The van der Waals surface area contributed by atoms with Gasteiger partial charge in [-0.25, -0.2) is 0 Å². The van der Waals surface area contributed by atoms with Crippen LogP contribution in [0.3, 0.4) is 0 Å². The molecule has 0 rings (SSSR count). The number of hydrogen-bond donors (Lipinski definition) is 0. The standard InChI is InChI=1S/C69H122O6/c1-4-7-10-13-16-19-21-23-25-27-29-31-33-34-36-37-39-41-43-45-47-50-53-56-59-62-68(71)74-65-66(64-73-67(70)61-58-55-52-49-18-15-12-9-6-3)75-69(72)63-60-57-54-51-48-46-44-42-40-38-35-32-30-28-26-24-22-20-17-14-11-8-5-2/h8,11,17,20-21,23-24,26-27,29-30,32,66H,4-7,9-10,12-16,18-19,22,25,28,31,33-65H2,1-3H3/b11-8-,20-17-,23-21-,26-24-,29-27-,32-30-. The van der Waals surface area contributed by atoms with Gasteiger partial charge in [0.2, 0.25) is 0 Å². The summed E-state index contributed by atoms with van der Waals surface area (Å²) in [4.78, 5) is 38.2. The van der Waals surface area contributed by atoms with Crippen LogP contribution in [-0.4, -0.2) is 37.2 Å². The highest BCUT2D eigenvalue weighted by Gasteiger charge is 2.19. The van der Waals surface area contributed by atoms with Crippen molar-refractivity contribution in [3.05, 3.63) is 72.9 Å². The highest BCUT2D eigenvalue weighted by Crippen LogP contribution is 2.17. The van der Waals surface area contributed by atoms with E-state index in [0.717, 1.165) is 89.9 Å². The summed E-state index contributed by atoms with van der Waals surface area (Å²) in [5.41, 5.74) is 0. The second-order valence-corrected chi connectivity index (χ2v) is 21.6. The van der Waals surface area contributed by atoms with Crippen LogP contribution in [0.1, 0.15) is 329 Å². The fraction of sp³-hybridized carbons (Fsp3) is 0.783. The van der Waals surface area contributed by atoms with Crippen LogP contribution in [0.2, 0.25) is 0 Å². The first-order valence-electron chi connectivity index (χ1n) is 32.4. The van der Waals surface area contributed by atoms with Crippen molar-refractivity contribution in [2.24, 2.45) is 0 Å². The number of carbonyl (C=O) groups is 3. The van der Waals surface area contributed by atoms with Crippen molar-refractivity contribution in [2.75, 3.05) is 13.2 Å². The normalized spacial score (nSPS) is 12.5. The van der Waals surface area contributed by atoms with Gasteiger partial charge >= 0.3 is 17.9 Å². The summed E-state index contributed by atoms with van der Waals surface area (Å²) in [6.45, 7) is 6.53. The van der Waals surface area contributed by atoms with Crippen LogP contribution in [0.15, 0.2) is 72.9 Å². The molecule has 6 nitrogen and oxygen atoms in total. The lowest BCUT2D eigenvalue weighted by Crippen LogP contribution is -2.30. The molecule has 0 bridgehead atoms. The topological polar surface area (TPSA) is 78.9 Å². The van der Waals surface area contributed by atoms with Gasteiger partial charge in [0, 0.05) is 19.3 Å². The number of esters is 3. The molecular weight excluding hydrogens is 925 g/mol. The Morgan fingerprint density at radius 1 is 0.280 bits per heavy atom. The first-order chi connectivity index (χ1) is 37.0. The summed E-state index contributed by atoms with van der Waals surface area (Å²) >= 11 is 0. The highest BCUT2D eigenvalue weighted by atomic mass is 16.6. The van der Waals surface area contributed by atoms with Crippen molar-refractivity contribution in [1.82, 2.24) is 0 Å². The number of unbranched alkanes of at least 4 members (excludes halogenated alkanes) is 36. The van der Waals surface area contributed by atoms with E-state index in [9.17, 15) is 14.4 Å². The first kappa shape index (κ1) is 71.8. The van der Waals surface area contributed by atoms with Crippen molar-refractivity contribution in [3.8, 4) is 0 Å². The highest BCUT2D eigenvalue weighted by molar-refractivity contribution is 5.71. The zero-order valence-electron chi connectivity index (χ0n) is 49.8. The van der Waals surface area contributed by atoms with Crippen LogP contribution in [0.5, 0.6) is 0 Å². The minimum absolute atomic E-state index is 0.0740. The van der Waals surface area contributed by atoms with Gasteiger partial charge in [-0.2, -0.15) is 0 Å². The van der Waals surface area contributed by atoms with Crippen molar-refractivity contribution in [2.45, 2.75) is 335 Å². The molecule has 1 unspecified atom stereocenters. The average Bonchev–Trinajstić information content (AvgIpc) is 3.41. The zero-order valence-corrected chi connectivity index (χ0v) is 49.8. The van der Waals surface area contributed by atoms with Crippen molar-refractivity contribution < 1.29 is 28.6 Å². The SMILES string of the molecule is CC/C=C\C/C=C\C/C=C\C/C=C\CCCCCCCCCCCCC(=O)OC(COC(=O)CCCCCCCCCCC)COC(=O)CCCCCCCCCCCCCCC/C=C\C/C=C\CCCCCCC. The summed E-state index contributed by atoms with van der Waals surface area (Å²) < 4.78 is 16.9. The van der Waals surface area contributed by atoms with Gasteiger partial charge in [0.25, 0.3) is 0 Å². The van der Waals surface area contributed by atoms with E-state index < -0.39 is 6.10 Å². The van der Waals surface area contributed by atoms with E-state index >= 15 is 0 Å². The zero-order chi connectivity index (χ0) is 54.3. The molecule has 0 radical (unpaired) electrons. The molecule has 0 aliphatic rings. The molecule has 0 fully saturated rings. The summed E-state index contributed by atoms with van der Waals surface area (Å²) in [6.07, 6.45) is 82.1. The average molecular weight is 1050 g/mol. The predicted octanol–water partition coefficient (Wildman–Crippen LogP) is 22.1. The Morgan fingerprint density at radius 2 is 0.520 bits per heavy atom. The van der Waals surface area contributed by atoms with Crippen molar-refractivity contribution in [1.29, 1.82) is 0 Å². The van der Waals surface area contributed by atoms with Crippen LogP contribution in [0.4, 0.5) is 0 Å². The molecule has 0 saturated carbocycles. The molecule has 0 aliphatic carbocycles. The molecule has 0 N–H and O–H groups in total. The van der Waals surface area contributed by atoms with Gasteiger partial charge in [0.05, 0.1) is 0 Å². The summed E-state index contributed by atoms with van der Waals surface area (Å²) in [6, 6.07) is 0. The number of hydrogen-bond acceptors (Lipinski definition) is 6. The van der Waals surface area contributed by atoms with E-state index in [1.807, 2.05) is 0 Å². The Hall–Kier alpha value is -3.15. The van der Waals surface area contributed by atoms with Gasteiger partial charge in [-0.15, -0.1) is 0 Å². The molecule has 75 heavy (non-hydrogen) atoms. The minimum atomic E-state index is -0.776. The lowest BCUT2D eigenvalue weighted by molar-refractivity contribution is -0.167. The minimum Gasteiger partial charge on any atom is -0.462 e. The Balaban J connectivity index is 4.19. The van der Waals surface area contributed by atoms with Gasteiger partial charge in [-0.05, 0) is 89.9 Å². The Labute approximate surface area is 465 Å². The quantitative estimate of drug-likeness (QED) is 0.0261. The molecule has 0 amide bonds. The Morgan fingerprint density at radius 3 is 0.813 bits per heavy atom. The van der Waals surface area contributed by atoms with Gasteiger partial charge in [0.1, 0.15) is 13.2 Å². The summed E-state index contributed by atoms with van der Waals surface area (Å²) in [5.74, 6) is -0.867. The summed E-state index contributed by atoms with van der Waals surface area (Å²) in [7, 11) is 0. The van der Waals surface area contributed by atoms with E-state index in [2.05, 4.69) is 93.7 Å². The molecule has 0 aromatic rings. The van der Waals surface area contributed by atoms with Crippen LogP contribution in [0, 0.1) is 0 Å². The number of carbonyl (C=O) groups excluding carboxylic acids is 3. The smallest absolute Gasteiger partial charge is 0.306 e. The van der Waals surface area contributed by atoms with Gasteiger partial charge < -0.3 is 14.2 Å². The lowest BCUT2D eigenvalue weighted by atomic mass is 10.0. The maximum Gasteiger partial charge on any atom is 0.306 e. The van der Waals surface area contributed by atoms with E-state index in [1.165, 1.54) is 199 Å².